The van der Waals surface area contributed by atoms with E-state index in [0.717, 1.165) is 12.8 Å². The van der Waals surface area contributed by atoms with Crippen molar-refractivity contribution in [2.24, 2.45) is 23.5 Å². The van der Waals surface area contributed by atoms with Crippen molar-refractivity contribution in [1.29, 1.82) is 0 Å². The van der Waals surface area contributed by atoms with Crippen molar-refractivity contribution in [3.8, 4) is 0 Å². The van der Waals surface area contributed by atoms with E-state index in [1.807, 2.05) is 0 Å². The van der Waals surface area contributed by atoms with E-state index >= 15 is 0 Å². The Balaban J connectivity index is 1.47. The number of allylic oxidation sites excluding steroid dienone is 2. The number of carbonyl (C=O) groups excluding carboxylic acids is 3. The maximum atomic E-state index is 12.0. The Kier molecular flexibility index (Phi) is 4.14. The van der Waals surface area contributed by atoms with E-state index in [0.29, 0.717) is 17.2 Å². The first-order valence-electron chi connectivity index (χ1n) is 7.57. The summed E-state index contributed by atoms with van der Waals surface area (Å²) in [7, 11) is 0. The Morgan fingerprint density at radius 1 is 1.13 bits per heavy atom. The van der Waals surface area contributed by atoms with Gasteiger partial charge in [0, 0.05) is 11.3 Å². The summed E-state index contributed by atoms with van der Waals surface area (Å²) in [6.07, 6.45) is 6.05. The third kappa shape index (κ3) is 3.41. The van der Waals surface area contributed by atoms with Crippen LogP contribution in [-0.2, 0) is 14.3 Å². The molecule has 0 spiro atoms. The molecular weight excluding hydrogens is 296 g/mol. The number of anilines is 1. The second-order valence-electron chi connectivity index (χ2n) is 5.98. The molecule has 0 heterocycles. The zero-order chi connectivity index (χ0) is 16.4. The van der Waals surface area contributed by atoms with Crippen molar-refractivity contribution in [3.63, 3.8) is 0 Å². The summed E-state index contributed by atoms with van der Waals surface area (Å²) < 4.78 is 5.12. The monoisotopic (exact) mass is 314 g/mol. The SMILES string of the molecule is NC(=O)c1ccc(NC(=O)COC(=O)[C@@H]2C[C@H]3C=C[C@@H]2C3)cc1. The molecule has 6 heteroatoms. The minimum Gasteiger partial charge on any atom is -0.455 e. The molecule has 1 aromatic carbocycles. The molecule has 0 aliphatic heterocycles. The second-order valence-corrected chi connectivity index (χ2v) is 5.98. The number of carbonyl (C=O) groups is 3. The highest BCUT2D eigenvalue weighted by Gasteiger charge is 2.40. The summed E-state index contributed by atoms with van der Waals surface area (Å²) in [5.41, 5.74) is 6.02. The molecule has 2 amide bonds. The van der Waals surface area contributed by atoms with Crippen LogP contribution in [-0.4, -0.2) is 24.4 Å². The fourth-order valence-electron chi connectivity index (χ4n) is 3.21. The Bertz CT molecular complexity index is 666. The maximum absolute atomic E-state index is 12.0. The first kappa shape index (κ1) is 15.3. The average Bonchev–Trinajstić information content (AvgIpc) is 3.16. The van der Waals surface area contributed by atoms with Crippen LogP contribution in [0.5, 0.6) is 0 Å². The second kappa shape index (κ2) is 6.24. The number of nitrogens with two attached hydrogens (primary N) is 1. The maximum Gasteiger partial charge on any atom is 0.310 e. The van der Waals surface area contributed by atoms with Gasteiger partial charge in [-0.3, -0.25) is 14.4 Å². The number of amides is 2. The van der Waals surface area contributed by atoms with E-state index in [9.17, 15) is 14.4 Å². The molecule has 120 valence electrons. The standard InChI is InChI=1S/C17H18N2O4/c18-16(21)11-3-5-13(6-4-11)19-15(20)9-23-17(22)14-8-10-1-2-12(14)7-10/h1-6,10,12,14H,7-9H2,(H2,18,21)(H,19,20)/t10-,12+,14+/m0/s1. The molecule has 3 N–H and O–H groups in total. The largest absolute Gasteiger partial charge is 0.455 e. The zero-order valence-corrected chi connectivity index (χ0v) is 12.5. The van der Waals surface area contributed by atoms with Gasteiger partial charge in [-0.25, -0.2) is 0 Å². The van der Waals surface area contributed by atoms with E-state index in [4.69, 9.17) is 10.5 Å². The number of rotatable bonds is 5. The van der Waals surface area contributed by atoms with Gasteiger partial charge in [0.25, 0.3) is 5.91 Å². The van der Waals surface area contributed by atoms with Crippen LogP contribution in [0, 0.1) is 17.8 Å². The first-order valence-corrected chi connectivity index (χ1v) is 7.57. The first-order chi connectivity index (χ1) is 11.0. The Morgan fingerprint density at radius 3 is 2.43 bits per heavy atom. The number of hydrogen-bond acceptors (Lipinski definition) is 4. The Labute approximate surface area is 133 Å². The lowest BCUT2D eigenvalue weighted by Crippen LogP contribution is -2.26. The summed E-state index contributed by atoms with van der Waals surface area (Å²) in [6.45, 7) is -0.312. The third-order valence-corrected chi connectivity index (χ3v) is 4.38. The van der Waals surface area contributed by atoms with Crippen molar-refractivity contribution >= 4 is 23.5 Å². The molecule has 6 nitrogen and oxygen atoms in total. The summed E-state index contributed by atoms with van der Waals surface area (Å²) >= 11 is 0. The molecular formula is C17H18N2O4. The van der Waals surface area contributed by atoms with Gasteiger partial charge in [-0.15, -0.1) is 0 Å². The van der Waals surface area contributed by atoms with Gasteiger partial charge < -0.3 is 15.8 Å². The Morgan fingerprint density at radius 2 is 1.87 bits per heavy atom. The van der Waals surface area contributed by atoms with Crippen LogP contribution in [0.2, 0.25) is 0 Å². The third-order valence-electron chi connectivity index (χ3n) is 4.38. The normalized spacial score (nSPS) is 24.4. The molecule has 2 aliphatic rings. The molecule has 2 aliphatic carbocycles. The number of nitrogens with one attached hydrogen (secondary N) is 1. The molecule has 1 fully saturated rings. The van der Waals surface area contributed by atoms with Crippen LogP contribution in [0.15, 0.2) is 36.4 Å². The molecule has 0 radical (unpaired) electrons. The topological polar surface area (TPSA) is 98.5 Å². The Hall–Kier alpha value is -2.63. The van der Waals surface area contributed by atoms with Gasteiger partial charge in [0.05, 0.1) is 5.92 Å². The highest BCUT2D eigenvalue weighted by atomic mass is 16.5. The molecule has 0 unspecified atom stereocenters. The smallest absolute Gasteiger partial charge is 0.310 e. The van der Waals surface area contributed by atoms with Gasteiger partial charge in [0.1, 0.15) is 0 Å². The van der Waals surface area contributed by atoms with Crippen LogP contribution >= 0.6 is 0 Å². The van der Waals surface area contributed by atoms with Crippen molar-refractivity contribution in [2.45, 2.75) is 12.8 Å². The molecule has 2 bridgehead atoms. The molecule has 1 aromatic rings. The number of primary amides is 1. The molecule has 3 rings (SSSR count). The van der Waals surface area contributed by atoms with Crippen LogP contribution in [0.4, 0.5) is 5.69 Å². The lowest BCUT2D eigenvalue weighted by atomic mass is 9.94. The number of ether oxygens (including phenoxy) is 1. The van der Waals surface area contributed by atoms with Crippen LogP contribution < -0.4 is 11.1 Å². The molecule has 23 heavy (non-hydrogen) atoms. The summed E-state index contributed by atoms with van der Waals surface area (Å²) in [4.78, 5) is 34.8. The summed E-state index contributed by atoms with van der Waals surface area (Å²) in [5, 5.41) is 2.61. The quantitative estimate of drug-likeness (QED) is 0.635. The van der Waals surface area contributed by atoms with Gasteiger partial charge in [-0.2, -0.15) is 0 Å². The molecule has 0 aromatic heterocycles. The van der Waals surface area contributed by atoms with E-state index in [-0.39, 0.29) is 24.4 Å². The lowest BCUT2D eigenvalue weighted by Gasteiger charge is -2.16. The molecule has 1 saturated carbocycles. The minimum atomic E-state index is -0.531. The number of fused-ring (bicyclic) bond motifs is 2. The lowest BCUT2D eigenvalue weighted by molar-refractivity contribution is -0.152. The van der Waals surface area contributed by atoms with Crippen LogP contribution in [0.3, 0.4) is 0 Å². The predicted octanol–water partition coefficient (Wildman–Crippen LogP) is 1.48. The highest BCUT2D eigenvalue weighted by Crippen LogP contribution is 2.43. The van der Waals surface area contributed by atoms with Crippen molar-refractivity contribution in [2.75, 3.05) is 11.9 Å². The number of hydrogen-bond donors (Lipinski definition) is 2. The predicted molar refractivity (Wildman–Crippen MR) is 83.4 cm³/mol. The van der Waals surface area contributed by atoms with Gasteiger partial charge in [0.15, 0.2) is 6.61 Å². The molecule has 3 atom stereocenters. The van der Waals surface area contributed by atoms with Gasteiger partial charge in [-0.05, 0) is 48.9 Å². The van der Waals surface area contributed by atoms with Crippen LogP contribution in [0.25, 0.3) is 0 Å². The zero-order valence-electron chi connectivity index (χ0n) is 12.5. The van der Waals surface area contributed by atoms with Gasteiger partial charge >= 0.3 is 5.97 Å². The van der Waals surface area contributed by atoms with E-state index in [1.165, 1.54) is 12.1 Å². The van der Waals surface area contributed by atoms with Gasteiger partial charge in [-0.1, -0.05) is 12.2 Å². The van der Waals surface area contributed by atoms with E-state index in [1.54, 1.807) is 12.1 Å². The average molecular weight is 314 g/mol. The van der Waals surface area contributed by atoms with Crippen LogP contribution in [0.1, 0.15) is 23.2 Å². The van der Waals surface area contributed by atoms with E-state index in [2.05, 4.69) is 17.5 Å². The fraction of sp³-hybridized carbons (Fsp3) is 0.353. The molecule has 0 saturated heterocycles. The highest BCUT2D eigenvalue weighted by molar-refractivity contribution is 5.95. The van der Waals surface area contributed by atoms with Crippen molar-refractivity contribution < 1.29 is 19.1 Å². The van der Waals surface area contributed by atoms with E-state index < -0.39 is 11.8 Å². The minimum absolute atomic E-state index is 0.118. The fourth-order valence-corrected chi connectivity index (χ4v) is 3.21. The summed E-state index contributed by atoms with van der Waals surface area (Å²) in [6, 6.07) is 6.18. The van der Waals surface area contributed by atoms with Crippen molar-refractivity contribution in [1.82, 2.24) is 0 Å². The van der Waals surface area contributed by atoms with Crippen molar-refractivity contribution in [3.05, 3.63) is 42.0 Å². The summed E-state index contributed by atoms with van der Waals surface area (Å²) in [5.74, 6) is -0.624. The number of benzene rings is 1. The number of esters is 1. The van der Waals surface area contributed by atoms with Gasteiger partial charge in [0.2, 0.25) is 5.91 Å².